The lowest BCUT2D eigenvalue weighted by Gasteiger charge is -2.12. The summed E-state index contributed by atoms with van der Waals surface area (Å²) >= 11 is 8.50. The Kier molecular flexibility index (Phi) is 5.09. The molecule has 0 heterocycles. The number of hydrogen-bond acceptors (Lipinski definition) is 2. The molecule has 0 aliphatic heterocycles. The number of anilines is 2. The highest BCUT2D eigenvalue weighted by atomic mass is 79.9. The highest BCUT2D eigenvalue weighted by molar-refractivity contribution is 9.10. The van der Waals surface area contributed by atoms with Crippen molar-refractivity contribution in [3.63, 3.8) is 0 Å². The fourth-order valence-corrected chi connectivity index (χ4v) is 2.21. The van der Waals surface area contributed by atoms with Crippen molar-refractivity contribution in [1.82, 2.24) is 0 Å². The quantitative estimate of drug-likeness (QED) is 0.775. The molecule has 0 aromatic heterocycles. The van der Waals surface area contributed by atoms with E-state index >= 15 is 0 Å². The van der Waals surface area contributed by atoms with Gasteiger partial charge in [-0.15, -0.1) is 0 Å². The average molecular weight is 363 g/mol. The number of thiocarbonyl (C=S) groups is 1. The minimum Gasteiger partial charge on any atom is -0.342 e. The summed E-state index contributed by atoms with van der Waals surface area (Å²) in [7, 11) is 0. The van der Waals surface area contributed by atoms with Crippen LogP contribution < -0.4 is 10.6 Å². The van der Waals surface area contributed by atoms with Gasteiger partial charge in [-0.25, -0.2) is 0 Å². The Labute approximate surface area is 137 Å². The molecule has 0 unspecified atom stereocenters. The zero-order valence-corrected chi connectivity index (χ0v) is 14.1. The van der Waals surface area contributed by atoms with Gasteiger partial charge in [0.15, 0.2) is 4.99 Å². The van der Waals surface area contributed by atoms with Crippen LogP contribution in [0.15, 0.2) is 46.9 Å². The lowest BCUT2D eigenvalue weighted by atomic mass is 10.1. The first-order valence-corrected chi connectivity index (χ1v) is 7.61. The predicted octanol–water partition coefficient (Wildman–Crippen LogP) is 4.44. The molecule has 108 valence electrons. The molecule has 5 heteroatoms. The maximum absolute atomic E-state index is 12.1. The highest BCUT2D eigenvalue weighted by Crippen LogP contribution is 2.18. The Morgan fingerprint density at radius 1 is 1.05 bits per heavy atom. The molecule has 1 amide bonds. The van der Waals surface area contributed by atoms with E-state index in [9.17, 15) is 4.79 Å². The minimum atomic E-state index is -0.326. The summed E-state index contributed by atoms with van der Waals surface area (Å²) < 4.78 is 0.955. The van der Waals surface area contributed by atoms with Gasteiger partial charge in [0, 0.05) is 15.8 Å². The van der Waals surface area contributed by atoms with Gasteiger partial charge >= 0.3 is 0 Å². The lowest BCUT2D eigenvalue weighted by molar-refractivity contribution is -0.110. The van der Waals surface area contributed by atoms with Gasteiger partial charge in [-0.05, 0) is 55.3 Å². The second kappa shape index (κ2) is 6.83. The lowest BCUT2D eigenvalue weighted by Crippen LogP contribution is -2.27. The van der Waals surface area contributed by atoms with Crippen LogP contribution in [0.3, 0.4) is 0 Å². The van der Waals surface area contributed by atoms with E-state index in [4.69, 9.17) is 12.2 Å². The minimum absolute atomic E-state index is 0.145. The molecule has 0 bridgehead atoms. The molecule has 0 aliphatic carbocycles. The van der Waals surface area contributed by atoms with Gasteiger partial charge in [0.2, 0.25) is 0 Å². The van der Waals surface area contributed by atoms with Crippen LogP contribution in [-0.4, -0.2) is 10.9 Å². The van der Waals surface area contributed by atoms with Crippen LogP contribution in [0.1, 0.15) is 11.1 Å². The highest BCUT2D eigenvalue weighted by Gasteiger charge is 2.11. The summed E-state index contributed by atoms with van der Waals surface area (Å²) in [6.45, 7) is 4.01. The summed E-state index contributed by atoms with van der Waals surface area (Å²) in [5.41, 5.74) is 3.78. The number of halogens is 1. The SMILES string of the molecule is Cc1cccc(NC(=S)C(=O)Nc2ccc(Br)cc2)c1C. The van der Waals surface area contributed by atoms with Gasteiger partial charge in [-0.1, -0.05) is 40.3 Å². The van der Waals surface area contributed by atoms with Crippen molar-refractivity contribution in [3.05, 3.63) is 58.1 Å². The second-order valence-electron chi connectivity index (χ2n) is 4.66. The molecular weight excluding hydrogens is 348 g/mol. The van der Waals surface area contributed by atoms with Crippen LogP contribution in [-0.2, 0) is 4.79 Å². The fraction of sp³-hybridized carbons (Fsp3) is 0.125. The van der Waals surface area contributed by atoms with Gasteiger partial charge in [0.1, 0.15) is 0 Å². The van der Waals surface area contributed by atoms with Gasteiger partial charge in [0.05, 0.1) is 0 Å². The maximum Gasteiger partial charge on any atom is 0.283 e. The molecule has 2 aromatic rings. The Morgan fingerprint density at radius 3 is 2.38 bits per heavy atom. The molecule has 0 spiro atoms. The number of benzene rings is 2. The van der Waals surface area contributed by atoms with Crippen LogP contribution in [0, 0.1) is 13.8 Å². The van der Waals surface area contributed by atoms with Crippen LogP contribution in [0.25, 0.3) is 0 Å². The third kappa shape index (κ3) is 4.12. The zero-order valence-electron chi connectivity index (χ0n) is 11.7. The summed E-state index contributed by atoms with van der Waals surface area (Å²) in [6, 6.07) is 13.2. The number of rotatable bonds is 2. The Balaban J connectivity index is 2.04. The molecule has 0 saturated carbocycles. The zero-order chi connectivity index (χ0) is 15.4. The van der Waals surface area contributed by atoms with E-state index in [1.54, 1.807) is 0 Å². The molecule has 0 saturated heterocycles. The van der Waals surface area contributed by atoms with E-state index in [0.717, 1.165) is 21.3 Å². The first-order valence-electron chi connectivity index (χ1n) is 6.41. The van der Waals surface area contributed by atoms with Crippen molar-refractivity contribution in [2.24, 2.45) is 0 Å². The van der Waals surface area contributed by atoms with Gasteiger partial charge < -0.3 is 10.6 Å². The van der Waals surface area contributed by atoms with Crippen molar-refractivity contribution in [1.29, 1.82) is 0 Å². The van der Waals surface area contributed by atoms with Crippen LogP contribution >= 0.6 is 28.1 Å². The molecule has 2 rings (SSSR count). The molecule has 0 atom stereocenters. The Morgan fingerprint density at radius 2 is 1.71 bits per heavy atom. The van der Waals surface area contributed by atoms with Crippen molar-refractivity contribution in [2.45, 2.75) is 13.8 Å². The topological polar surface area (TPSA) is 41.1 Å². The van der Waals surface area contributed by atoms with E-state index in [2.05, 4.69) is 26.6 Å². The summed E-state index contributed by atoms with van der Waals surface area (Å²) in [6.07, 6.45) is 0. The number of carbonyl (C=O) groups excluding carboxylic acids is 1. The van der Waals surface area contributed by atoms with E-state index in [1.807, 2.05) is 56.3 Å². The third-order valence-electron chi connectivity index (χ3n) is 3.16. The molecular formula is C16H15BrN2OS. The first kappa shape index (κ1) is 15.7. The number of aryl methyl sites for hydroxylation is 1. The maximum atomic E-state index is 12.1. The summed E-state index contributed by atoms with van der Waals surface area (Å²) in [5, 5.41) is 5.75. The monoisotopic (exact) mass is 362 g/mol. The Bertz CT molecular complexity index is 683. The van der Waals surface area contributed by atoms with Crippen molar-refractivity contribution < 1.29 is 4.79 Å². The molecule has 2 aromatic carbocycles. The Hall–Kier alpha value is -1.72. The normalized spacial score (nSPS) is 10.0. The number of hydrogen-bond donors (Lipinski definition) is 2. The first-order chi connectivity index (χ1) is 9.97. The van der Waals surface area contributed by atoms with Crippen molar-refractivity contribution in [3.8, 4) is 0 Å². The van der Waals surface area contributed by atoms with Crippen molar-refractivity contribution >= 4 is 50.4 Å². The smallest absolute Gasteiger partial charge is 0.283 e. The molecule has 21 heavy (non-hydrogen) atoms. The standard InChI is InChI=1S/C16H15BrN2OS/c1-10-4-3-5-14(11(10)2)19-16(21)15(20)18-13-8-6-12(17)7-9-13/h3-9H,1-2H3,(H,18,20)(H,19,21). The molecule has 0 radical (unpaired) electrons. The van der Waals surface area contributed by atoms with E-state index in [1.165, 1.54) is 0 Å². The van der Waals surface area contributed by atoms with E-state index in [-0.39, 0.29) is 10.9 Å². The summed E-state index contributed by atoms with van der Waals surface area (Å²) in [4.78, 5) is 12.2. The van der Waals surface area contributed by atoms with E-state index in [0.29, 0.717) is 5.69 Å². The van der Waals surface area contributed by atoms with Crippen LogP contribution in [0.4, 0.5) is 11.4 Å². The predicted molar refractivity (Wildman–Crippen MR) is 94.9 cm³/mol. The van der Waals surface area contributed by atoms with Crippen LogP contribution in [0.5, 0.6) is 0 Å². The third-order valence-corrected chi connectivity index (χ3v) is 3.98. The largest absolute Gasteiger partial charge is 0.342 e. The molecule has 2 N–H and O–H groups in total. The molecule has 3 nitrogen and oxygen atoms in total. The second-order valence-corrected chi connectivity index (χ2v) is 5.99. The number of carbonyl (C=O) groups is 1. The van der Waals surface area contributed by atoms with Crippen molar-refractivity contribution in [2.75, 3.05) is 10.6 Å². The van der Waals surface area contributed by atoms with E-state index < -0.39 is 0 Å². The van der Waals surface area contributed by atoms with Gasteiger partial charge in [-0.3, -0.25) is 4.79 Å². The average Bonchev–Trinajstić information content (AvgIpc) is 2.46. The van der Waals surface area contributed by atoms with Gasteiger partial charge in [-0.2, -0.15) is 0 Å². The fourth-order valence-electron chi connectivity index (χ4n) is 1.79. The molecule has 0 aliphatic rings. The number of amides is 1. The van der Waals surface area contributed by atoms with Crippen LogP contribution in [0.2, 0.25) is 0 Å². The molecule has 0 fully saturated rings. The summed E-state index contributed by atoms with van der Waals surface area (Å²) in [5.74, 6) is -0.326. The number of nitrogens with one attached hydrogen (secondary N) is 2. The van der Waals surface area contributed by atoms with Gasteiger partial charge in [0.25, 0.3) is 5.91 Å².